The molecule has 10 heteroatoms. The number of carbonyl (C=O) groups is 2. The van der Waals surface area contributed by atoms with Crippen molar-refractivity contribution < 1.29 is 14.3 Å². The number of aromatic nitrogens is 2. The largest absolute Gasteiger partial charge is 0.497 e. The number of methoxy groups -OCH3 is 1. The third-order valence-electron chi connectivity index (χ3n) is 5.87. The second-order valence-corrected chi connectivity index (χ2v) is 9.69. The second kappa shape index (κ2) is 8.87. The van der Waals surface area contributed by atoms with Gasteiger partial charge in [-0.2, -0.15) is 0 Å². The fraction of sp³-hybridized carbons (Fsp3) is 0.364. The lowest BCUT2D eigenvalue weighted by Crippen LogP contribution is -2.50. The molecule has 8 nitrogen and oxygen atoms in total. The molecule has 2 saturated heterocycles. The normalized spacial score (nSPS) is 19.0. The molecule has 0 spiro atoms. The van der Waals surface area contributed by atoms with Crippen LogP contribution in [0.1, 0.15) is 6.42 Å². The first-order valence-corrected chi connectivity index (χ1v) is 12.2. The minimum atomic E-state index is -0.303. The summed E-state index contributed by atoms with van der Waals surface area (Å²) in [5.41, 5.74) is 0.800. The molecule has 2 fully saturated rings. The zero-order chi connectivity index (χ0) is 22.1. The molecule has 0 aliphatic carbocycles. The third-order valence-corrected chi connectivity index (χ3v) is 7.89. The van der Waals surface area contributed by atoms with E-state index in [2.05, 4.69) is 15.1 Å². The highest BCUT2D eigenvalue weighted by atomic mass is 32.1. The molecule has 2 amide bonds. The minimum absolute atomic E-state index is 0.0119. The summed E-state index contributed by atoms with van der Waals surface area (Å²) >= 11 is 3.24. The van der Waals surface area contributed by atoms with Gasteiger partial charge < -0.3 is 19.4 Å². The van der Waals surface area contributed by atoms with Gasteiger partial charge in [-0.05, 0) is 35.7 Å². The molecule has 3 aromatic rings. The van der Waals surface area contributed by atoms with Gasteiger partial charge in [0.2, 0.25) is 16.9 Å². The summed E-state index contributed by atoms with van der Waals surface area (Å²) < 4.78 is 5.18. The molecule has 2 aromatic heterocycles. The SMILES string of the molecule is COc1ccc(N2CC(C(=O)N3CCN(c4nnc(-c5cccs5)s4)CC3)CC2=O)cc1. The van der Waals surface area contributed by atoms with Crippen molar-refractivity contribution in [3.05, 3.63) is 41.8 Å². The maximum atomic E-state index is 13.1. The number of nitrogens with zero attached hydrogens (tertiary/aromatic N) is 5. The van der Waals surface area contributed by atoms with Crippen LogP contribution in [-0.2, 0) is 9.59 Å². The molecule has 1 aromatic carbocycles. The number of thiophene rings is 1. The molecule has 0 radical (unpaired) electrons. The van der Waals surface area contributed by atoms with Gasteiger partial charge in [0.1, 0.15) is 5.75 Å². The lowest BCUT2D eigenvalue weighted by Gasteiger charge is -2.35. The molecule has 2 aliphatic rings. The molecule has 4 heterocycles. The van der Waals surface area contributed by atoms with Gasteiger partial charge in [0.15, 0.2) is 5.01 Å². The van der Waals surface area contributed by atoms with Gasteiger partial charge in [-0.1, -0.05) is 17.4 Å². The maximum Gasteiger partial charge on any atom is 0.228 e. The van der Waals surface area contributed by atoms with E-state index in [9.17, 15) is 9.59 Å². The fourth-order valence-corrected chi connectivity index (χ4v) is 5.79. The van der Waals surface area contributed by atoms with Crippen LogP contribution in [0.25, 0.3) is 9.88 Å². The highest BCUT2D eigenvalue weighted by Crippen LogP contribution is 2.32. The molecular weight excluding hydrogens is 446 g/mol. The molecule has 32 heavy (non-hydrogen) atoms. The lowest BCUT2D eigenvalue weighted by molar-refractivity contribution is -0.136. The summed E-state index contributed by atoms with van der Waals surface area (Å²) in [4.78, 5) is 32.6. The Kier molecular flexibility index (Phi) is 5.79. The van der Waals surface area contributed by atoms with Gasteiger partial charge in [-0.25, -0.2) is 0 Å². The van der Waals surface area contributed by atoms with Crippen molar-refractivity contribution in [2.24, 2.45) is 5.92 Å². The number of ether oxygens (including phenoxy) is 1. The minimum Gasteiger partial charge on any atom is -0.497 e. The first-order chi connectivity index (χ1) is 15.6. The van der Waals surface area contributed by atoms with Gasteiger partial charge in [-0.3, -0.25) is 9.59 Å². The molecular formula is C22H23N5O3S2. The first-order valence-electron chi connectivity index (χ1n) is 10.5. The summed E-state index contributed by atoms with van der Waals surface area (Å²) in [6, 6.07) is 11.4. The van der Waals surface area contributed by atoms with Crippen molar-refractivity contribution >= 4 is 45.3 Å². The second-order valence-electron chi connectivity index (χ2n) is 7.78. The number of carbonyl (C=O) groups excluding carboxylic acids is 2. The van der Waals surface area contributed by atoms with Gasteiger partial charge in [-0.15, -0.1) is 21.5 Å². The van der Waals surface area contributed by atoms with E-state index in [1.54, 1.807) is 34.7 Å². The maximum absolute atomic E-state index is 13.1. The molecule has 0 N–H and O–H groups in total. The average Bonchev–Trinajstić information content (AvgIpc) is 3.59. The van der Waals surface area contributed by atoms with Crippen LogP contribution in [-0.4, -0.2) is 66.7 Å². The monoisotopic (exact) mass is 469 g/mol. The van der Waals surface area contributed by atoms with E-state index in [0.29, 0.717) is 32.7 Å². The van der Waals surface area contributed by atoms with Crippen LogP contribution >= 0.6 is 22.7 Å². The van der Waals surface area contributed by atoms with Gasteiger partial charge in [0.05, 0.1) is 17.9 Å². The molecule has 2 aliphatic heterocycles. The number of piperazine rings is 1. The van der Waals surface area contributed by atoms with Gasteiger partial charge in [0.25, 0.3) is 0 Å². The predicted molar refractivity (Wildman–Crippen MR) is 125 cm³/mol. The van der Waals surface area contributed by atoms with E-state index in [1.165, 1.54) is 0 Å². The number of rotatable bonds is 5. The number of benzene rings is 1. The number of hydrogen-bond acceptors (Lipinski definition) is 8. The van der Waals surface area contributed by atoms with Crippen molar-refractivity contribution in [2.45, 2.75) is 6.42 Å². The Bertz CT molecular complexity index is 1090. The zero-order valence-corrected chi connectivity index (χ0v) is 19.3. The van der Waals surface area contributed by atoms with E-state index >= 15 is 0 Å². The Morgan fingerprint density at radius 3 is 2.56 bits per heavy atom. The van der Waals surface area contributed by atoms with E-state index in [-0.39, 0.29) is 24.2 Å². The van der Waals surface area contributed by atoms with Gasteiger partial charge in [0, 0.05) is 44.8 Å². The number of hydrogen-bond donors (Lipinski definition) is 0. The standard InChI is InChI=1S/C22H23N5O3S2/c1-30-17-6-4-16(5-7-17)27-14-15(13-19(27)28)21(29)25-8-10-26(11-9-25)22-24-23-20(32-22)18-3-2-12-31-18/h2-7,12,15H,8-11,13-14H2,1H3. The Morgan fingerprint density at radius 1 is 1.09 bits per heavy atom. The van der Waals surface area contributed by atoms with E-state index in [0.717, 1.165) is 26.5 Å². The Hall–Kier alpha value is -2.98. The van der Waals surface area contributed by atoms with Crippen LogP contribution in [0.2, 0.25) is 0 Å². The van der Waals surface area contributed by atoms with Crippen molar-refractivity contribution in [3.8, 4) is 15.6 Å². The van der Waals surface area contributed by atoms with E-state index in [4.69, 9.17) is 4.74 Å². The summed E-state index contributed by atoms with van der Waals surface area (Å²) in [5.74, 6) is 0.486. The average molecular weight is 470 g/mol. The van der Waals surface area contributed by atoms with Crippen LogP contribution in [0, 0.1) is 5.92 Å². The van der Waals surface area contributed by atoms with E-state index < -0.39 is 0 Å². The van der Waals surface area contributed by atoms with Crippen LogP contribution in [0.5, 0.6) is 5.75 Å². The van der Waals surface area contributed by atoms with Crippen LogP contribution < -0.4 is 14.5 Å². The highest BCUT2D eigenvalue weighted by Gasteiger charge is 2.38. The van der Waals surface area contributed by atoms with Crippen molar-refractivity contribution in [1.29, 1.82) is 0 Å². The topological polar surface area (TPSA) is 78.9 Å². The third kappa shape index (κ3) is 4.07. The highest BCUT2D eigenvalue weighted by molar-refractivity contribution is 7.22. The zero-order valence-electron chi connectivity index (χ0n) is 17.6. The van der Waals surface area contributed by atoms with Crippen molar-refractivity contribution in [1.82, 2.24) is 15.1 Å². The Morgan fingerprint density at radius 2 is 1.88 bits per heavy atom. The number of amides is 2. The fourth-order valence-electron chi connectivity index (χ4n) is 4.10. The van der Waals surface area contributed by atoms with Crippen molar-refractivity contribution in [3.63, 3.8) is 0 Å². The summed E-state index contributed by atoms with van der Waals surface area (Å²) in [7, 11) is 1.61. The molecule has 1 unspecified atom stereocenters. The quantitative estimate of drug-likeness (QED) is 0.572. The lowest BCUT2D eigenvalue weighted by atomic mass is 10.1. The van der Waals surface area contributed by atoms with Crippen molar-refractivity contribution in [2.75, 3.05) is 49.6 Å². The van der Waals surface area contributed by atoms with Crippen LogP contribution in [0.15, 0.2) is 41.8 Å². The summed E-state index contributed by atoms with van der Waals surface area (Å²) in [6.45, 7) is 3.10. The van der Waals surface area contributed by atoms with Crippen LogP contribution in [0.4, 0.5) is 10.8 Å². The summed E-state index contributed by atoms with van der Waals surface area (Å²) in [5, 5.41) is 12.5. The summed E-state index contributed by atoms with van der Waals surface area (Å²) in [6.07, 6.45) is 0.256. The number of anilines is 2. The molecule has 166 valence electrons. The molecule has 0 bridgehead atoms. The molecule has 5 rings (SSSR count). The molecule has 0 saturated carbocycles. The van der Waals surface area contributed by atoms with Gasteiger partial charge >= 0.3 is 0 Å². The Balaban J connectivity index is 1.18. The first kappa shape index (κ1) is 20.9. The Labute approximate surface area is 194 Å². The van der Waals surface area contributed by atoms with Crippen LogP contribution in [0.3, 0.4) is 0 Å². The molecule has 1 atom stereocenters. The smallest absolute Gasteiger partial charge is 0.228 e. The van der Waals surface area contributed by atoms with E-state index in [1.807, 2.05) is 46.7 Å². The predicted octanol–water partition coefficient (Wildman–Crippen LogP) is 2.98.